The van der Waals surface area contributed by atoms with Crippen molar-refractivity contribution in [2.45, 2.75) is 16.9 Å². The third-order valence-corrected chi connectivity index (χ3v) is 5.22. The molecule has 3 rings (SSSR count). The number of fused-ring (bicyclic) bond motifs is 2. The summed E-state index contributed by atoms with van der Waals surface area (Å²) >= 11 is 0. The topological polar surface area (TPSA) is 75.3 Å². The van der Waals surface area contributed by atoms with E-state index in [1.54, 1.807) is 24.3 Å². The molecule has 2 aliphatic heterocycles. The Morgan fingerprint density at radius 3 is 2.71 bits per heavy atom. The molecule has 0 aromatic heterocycles. The van der Waals surface area contributed by atoms with Gasteiger partial charge in [-0.15, -0.1) is 0 Å². The SMILES string of the molecule is O=C1NCNC12CCS(=O)(=O)c1ccccc12. The van der Waals surface area contributed by atoms with Gasteiger partial charge < -0.3 is 5.32 Å². The van der Waals surface area contributed by atoms with Crippen LogP contribution in [0.25, 0.3) is 0 Å². The van der Waals surface area contributed by atoms with E-state index in [9.17, 15) is 13.2 Å². The zero-order valence-electron chi connectivity index (χ0n) is 9.06. The summed E-state index contributed by atoms with van der Waals surface area (Å²) in [7, 11) is -3.25. The van der Waals surface area contributed by atoms with E-state index in [1.165, 1.54) is 0 Å². The van der Waals surface area contributed by atoms with E-state index in [2.05, 4.69) is 10.6 Å². The molecule has 6 heteroatoms. The third kappa shape index (κ3) is 1.34. The Hall–Kier alpha value is -1.40. The van der Waals surface area contributed by atoms with Crippen LogP contribution in [-0.4, -0.2) is 26.7 Å². The smallest absolute Gasteiger partial charge is 0.246 e. The first kappa shape index (κ1) is 10.7. The fraction of sp³-hybridized carbons (Fsp3) is 0.364. The number of carbonyl (C=O) groups excluding carboxylic acids is 1. The molecule has 1 saturated heterocycles. The zero-order chi connectivity index (χ0) is 12.1. The lowest BCUT2D eigenvalue weighted by Gasteiger charge is -2.32. The maximum absolute atomic E-state index is 12.0. The molecule has 1 unspecified atom stereocenters. The van der Waals surface area contributed by atoms with Gasteiger partial charge in [-0.2, -0.15) is 0 Å². The summed E-state index contributed by atoms with van der Waals surface area (Å²) < 4.78 is 23.9. The Kier molecular flexibility index (Phi) is 2.08. The summed E-state index contributed by atoms with van der Waals surface area (Å²) in [6.45, 7) is 0.382. The summed E-state index contributed by atoms with van der Waals surface area (Å²) in [6.07, 6.45) is 0.290. The van der Waals surface area contributed by atoms with Crippen molar-refractivity contribution in [3.05, 3.63) is 29.8 Å². The molecule has 5 nitrogen and oxygen atoms in total. The number of carbonyl (C=O) groups is 1. The predicted molar refractivity (Wildman–Crippen MR) is 60.9 cm³/mol. The number of rotatable bonds is 0. The number of hydrogen-bond donors (Lipinski definition) is 2. The van der Waals surface area contributed by atoms with Gasteiger partial charge in [0.25, 0.3) is 0 Å². The second-order valence-electron chi connectivity index (χ2n) is 4.33. The lowest BCUT2D eigenvalue weighted by molar-refractivity contribution is -0.124. The average molecular weight is 252 g/mol. The number of amides is 1. The molecule has 17 heavy (non-hydrogen) atoms. The second-order valence-corrected chi connectivity index (χ2v) is 6.41. The van der Waals surface area contributed by atoms with Gasteiger partial charge in [0, 0.05) is 5.56 Å². The van der Waals surface area contributed by atoms with Crippen LogP contribution in [0.1, 0.15) is 12.0 Å². The van der Waals surface area contributed by atoms with Crippen LogP contribution >= 0.6 is 0 Å². The Morgan fingerprint density at radius 2 is 2.00 bits per heavy atom. The minimum Gasteiger partial charge on any atom is -0.342 e. The summed E-state index contributed by atoms with van der Waals surface area (Å²) in [4.78, 5) is 12.2. The number of nitrogens with one attached hydrogen (secondary N) is 2. The predicted octanol–water partition coefficient (Wildman–Crippen LogP) is -0.264. The molecule has 1 atom stereocenters. The van der Waals surface area contributed by atoms with Crippen molar-refractivity contribution in [3.63, 3.8) is 0 Å². The molecule has 1 fully saturated rings. The Balaban J connectivity index is 2.28. The first-order chi connectivity index (χ1) is 8.06. The fourth-order valence-electron chi connectivity index (χ4n) is 2.55. The second kappa shape index (κ2) is 3.30. The summed E-state index contributed by atoms with van der Waals surface area (Å²) in [5.74, 6) is -0.135. The van der Waals surface area contributed by atoms with Crippen molar-refractivity contribution >= 4 is 15.7 Å². The Morgan fingerprint density at radius 1 is 1.24 bits per heavy atom. The van der Waals surface area contributed by atoms with E-state index in [0.29, 0.717) is 12.2 Å². The average Bonchev–Trinajstić information content (AvgIpc) is 2.68. The normalized spacial score (nSPS) is 30.0. The molecule has 0 saturated carbocycles. The van der Waals surface area contributed by atoms with Crippen molar-refractivity contribution in [1.82, 2.24) is 10.6 Å². The molecule has 0 aliphatic carbocycles. The van der Waals surface area contributed by atoms with E-state index in [-0.39, 0.29) is 23.0 Å². The molecular formula is C11H12N2O3S. The molecule has 2 aliphatic rings. The van der Waals surface area contributed by atoms with E-state index < -0.39 is 15.4 Å². The molecule has 1 spiro atoms. The van der Waals surface area contributed by atoms with E-state index in [1.807, 2.05) is 0 Å². The fourth-order valence-corrected chi connectivity index (χ4v) is 4.21. The highest BCUT2D eigenvalue weighted by Gasteiger charge is 2.49. The van der Waals surface area contributed by atoms with Crippen LogP contribution in [0.15, 0.2) is 29.2 Å². The largest absolute Gasteiger partial charge is 0.342 e. The third-order valence-electron chi connectivity index (χ3n) is 3.45. The van der Waals surface area contributed by atoms with Crippen molar-refractivity contribution in [2.24, 2.45) is 0 Å². The summed E-state index contributed by atoms with van der Waals surface area (Å²) in [6, 6.07) is 6.72. The maximum atomic E-state index is 12.0. The monoisotopic (exact) mass is 252 g/mol. The van der Waals surface area contributed by atoms with Crippen LogP contribution in [0.4, 0.5) is 0 Å². The van der Waals surface area contributed by atoms with Gasteiger partial charge in [-0.1, -0.05) is 18.2 Å². The minimum absolute atomic E-state index is 0.00440. The highest BCUT2D eigenvalue weighted by molar-refractivity contribution is 7.91. The quantitative estimate of drug-likeness (QED) is 0.667. The summed E-state index contributed by atoms with van der Waals surface area (Å²) in [5.41, 5.74) is -0.289. The van der Waals surface area contributed by atoms with Crippen LogP contribution in [0, 0.1) is 0 Å². The van der Waals surface area contributed by atoms with Crippen molar-refractivity contribution in [1.29, 1.82) is 0 Å². The van der Waals surface area contributed by atoms with Crippen LogP contribution in [0.3, 0.4) is 0 Å². The van der Waals surface area contributed by atoms with E-state index >= 15 is 0 Å². The zero-order valence-corrected chi connectivity index (χ0v) is 9.88. The van der Waals surface area contributed by atoms with Crippen LogP contribution < -0.4 is 10.6 Å². The lowest BCUT2D eigenvalue weighted by Crippen LogP contribution is -2.48. The first-order valence-corrected chi connectivity index (χ1v) is 7.07. The van der Waals surface area contributed by atoms with Crippen molar-refractivity contribution in [2.75, 3.05) is 12.4 Å². The lowest BCUT2D eigenvalue weighted by atomic mass is 9.87. The minimum atomic E-state index is -3.25. The Bertz CT molecular complexity index is 596. The van der Waals surface area contributed by atoms with Crippen LogP contribution in [-0.2, 0) is 20.2 Å². The van der Waals surface area contributed by atoms with Gasteiger partial charge in [0.05, 0.1) is 17.3 Å². The highest BCUT2D eigenvalue weighted by atomic mass is 32.2. The van der Waals surface area contributed by atoms with Crippen LogP contribution in [0.5, 0.6) is 0 Å². The van der Waals surface area contributed by atoms with Gasteiger partial charge in [-0.25, -0.2) is 8.42 Å². The maximum Gasteiger partial charge on any atom is 0.246 e. The molecule has 90 valence electrons. The standard InChI is InChI=1S/C11H12N2O3S/c14-10-11(13-7-12-10)5-6-17(15,16)9-4-2-1-3-8(9)11/h1-4,13H,5-7H2,(H,12,14). The molecule has 2 N–H and O–H groups in total. The van der Waals surface area contributed by atoms with Gasteiger partial charge in [0.2, 0.25) is 5.91 Å². The molecule has 2 heterocycles. The molecule has 1 aromatic carbocycles. The molecule has 0 bridgehead atoms. The van der Waals surface area contributed by atoms with Crippen LogP contribution in [0.2, 0.25) is 0 Å². The summed E-state index contributed by atoms with van der Waals surface area (Å²) in [5, 5.41) is 5.79. The first-order valence-electron chi connectivity index (χ1n) is 5.42. The number of benzene rings is 1. The number of sulfone groups is 1. The molecule has 1 amide bonds. The van der Waals surface area contributed by atoms with E-state index in [4.69, 9.17) is 0 Å². The van der Waals surface area contributed by atoms with Gasteiger partial charge in [0.15, 0.2) is 9.84 Å². The molecular weight excluding hydrogens is 240 g/mol. The van der Waals surface area contributed by atoms with Crippen molar-refractivity contribution in [3.8, 4) is 0 Å². The van der Waals surface area contributed by atoms with Gasteiger partial charge in [0.1, 0.15) is 5.54 Å². The van der Waals surface area contributed by atoms with Gasteiger partial charge in [-0.3, -0.25) is 10.1 Å². The van der Waals surface area contributed by atoms with Gasteiger partial charge >= 0.3 is 0 Å². The van der Waals surface area contributed by atoms with Gasteiger partial charge in [-0.05, 0) is 12.5 Å². The highest BCUT2D eigenvalue weighted by Crippen LogP contribution is 2.38. The molecule has 0 radical (unpaired) electrons. The van der Waals surface area contributed by atoms with E-state index in [0.717, 1.165) is 0 Å². The number of hydrogen-bond acceptors (Lipinski definition) is 4. The van der Waals surface area contributed by atoms with Crippen molar-refractivity contribution < 1.29 is 13.2 Å². The molecule has 1 aromatic rings. The Labute approximate surface area is 99.1 Å².